The lowest BCUT2D eigenvalue weighted by molar-refractivity contribution is -0.135. The molecule has 3 rings (SSSR count). The van der Waals surface area contributed by atoms with Crippen molar-refractivity contribution in [3.63, 3.8) is 0 Å². The summed E-state index contributed by atoms with van der Waals surface area (Å²) in [6, 6.07) is 7.07. The van der Waals surface area contributed by atoms with Crippen LogP contribution >= 0.6 is 0 Å². The van der Waals surface area contributed by atoms with Crippen LogP contribution in [0.15, 0.2) is 24.3 Å². The van der Waals surface area contributed by atoms with Crippen LogP contribution in [0.4, 0.5) is 4.39 Å². The lowest BCUT2D eigenvalue weighted by atomic mass is 10.1. The first-order chi connectivity index (χ1) is 11.1. The van der Waals surface area contributed by atoms with Gasteiger partial charge in [-0.2, -0.15) is 0 Å². The molecule has 4 heteroatoms. The zero-order valence-corrected chi connectivity index (χ0v) is 14.2. The van der Waals surface area contributed by atoms with Crippen LogP contribution in [-0.2, 0) is 4.79 Å². The molecule has 0 bridgehead atoms. The summed E-state index contributed by atoms with van der Waals surface area (Å²) in [6.07, 6.45) is 5.68. The van der Waals surface area contributed by atoms with Crippen molar-refractivity contribution in [2.75, 3.05) is 27.2 Å². The fourth-order valence-corrected chi connectivity index (χ4v) is 3.76. The van der Waals surface area contributed by atoms with Gasteiger partial charge in [0.25, 0.3) is 0 Å². The second kappa shape index (κ2) is 7.00. The van der Waals surface area contributed by atoms with Gasteiger partial charge in [-0.05, 0) is 57.0 Å². The van der Waals surface area contributed by atoms with Crippen molar-refractivity contribution in [3.8, 4) is 0 Å². The van der Waals surface area contributed by atoms with E-state index in [-0.39, 0.29) is 17.7 Å². The average Bonchev–Trinajstić information content (AvgIpc) is 3.14. The Kier molecular flexibility index (Phi) is 5.00. The zero-order valence-electron chi connectivity index (χ0n) is 14.2. The van der Waals surface area contributed by atoms with Gasteiger partial charge in [-0.15, -0.1) is 0 Å². The topological polar surface area (TPSA) is 23.6 Å². The highest BCUT2D eigenvalue weighted by molar-refractivity contribution is 5.83. The normalized spacial score (nSPS) is 24.2. The molecule has 126 valence electrons. The lowest BCUT2D eigenvalue weighted by Crippen LogP contribution is -2.43. The van der Waals surface area contributed by atoms with Crippen LogP contribution in [0.2, 0.25) is 0 Å². The van der Waals surface area contributed by atoms with E-state index in [1.807, 2.05) is 12.1 Å². The van der Waals surface area contributed by atoms with Gasteiger partial charge < -0.3 is 9.80 Å². The number of likely N-dealkylation sites (N-methyl/N-ethyl adjacent to an activating group) is 1. The maximum absolute atomic E-state index is 13.1. The standard InChI is InChI=1S/C19H27FN2O/c1-21(2)11-12-22(16-5-3-4-6-16)19(23)18-13-17(18)14-7-9-15(20)10-8-14/h7-10,16-18H,3-6,11-13H2,1-2H3. The molecular weight excluding hydrogens is 291 g/mol. The first-order valence-electron chi connectivity index (χ1n) is 8.77. The van der Waals surface area contributed by atoms with Gasteiger partial charge in [0.05, 0.1) is 0 Å². The van der Waals surface area contributed by atoms with E-state index in [2.05, 4.69) is 23.9 Å². The molecule has 0 spiro atoms. The van der Waals surface area contributed by atoms with Gasteiger partial charge in [-0.1, -0.05) is 25.0 Å². The zero-order chi connectivity index (χ0) is 16.4. The average molecular weight is 318 g/mol. The van der Waals surface area contributed by atoms with E-state index >= 15 is 0 Å². The minimum Gasteiger partial charge on any atom is -0.338 e. The third-order valence-electron chi connectivity index (χ3n) is 5.24. The maximum atomic E-state index is 13.1. The smallest absolute Gasteiger partial charge is 0.226 e. The molecule has 2 aliphatic rings. The molecule has 0 saturated heterocycles. The molecule has 3 nitrogen and oxygen atoms in total. The van der Waals surface area contributed by atoms with E-state index in [0.29, 0.717) is 11.9 Å². The summed E-state index contributed by atoms with van der Waals surface area (Å²) in [4.78, 5) is 17.3. The number of rotatable bonds is 6. The number of hydrogen-bond acceptors (Lipinski definition) is 2. The number of carbonyl (C=O) groups is 1. The van der Waals surface area contributed by atoms with Crippen LogP contribution in [0.1, 0.15) is 43.6 Å². The summed E-state index contributed by atoms with van der Waals surface area (Å²) in [7, 11) is 4.10. The van der Waals surface area contributed by atoms with Gasteiger partial charge in [-0.3, -0.25) is 4.79 Å². The Balaban J connectivity index is 1.65. The highest BCUT2D eigenvalue weighted by atomic mass is 19.1. The molecule has 0 aromatic heterocycles. The first kappa shape index (κ1) is 16.4. The Hall–Kier alpha value is -1.42. The quantitative estimate of drug-likeness (QED) is 0.804. The Labute approximate surface area is 138 Å². The Morgan fingerprint density at radius 2 is 1.78 bits per heavy atom. The molecular formula is C19H27FN2O. The summed E-state index contributed by atoms with van der Waals surface area (Å²) in [5, 5.41) is 0. The van der Waals surface area contributed by atoms with Crippen LogP contribution in [0, 0.1) is 11.7 Å². The highest BCUT2D eigenvalue weighted by Crippen LogP contribution is 2.49. The molecule has 2 fully saturated rings. The number of halogens is 1. The van der Waals surface area contributed by atoms with E-state index in [9.17, 15) is 9.18 Å². The predicted molar refractivity (Wildman–Crippen MR) is 89.8 cm³/mol. The Morgan fingerprint density at radius 1 is 1.13 bits per heavy atom. The Morgan fingerprint density at radius 3 is 2.39 bits per heavy atom. The van der Waals surface area contributed by atoms with Gasteiger partial charge in [0.15, 0.2) is 0 Å². The summed E-state index contributed by atoms with van der Waals surface area (Å²) in [5.41, 5.74) is 1.10. The predicted octanol–water partition coefficient (Wildman–Crippen LogP) is 3.26. The van der Waals surface area contributed by atoms with Gasteiger partial charge in [0.2, 0.25) is 5.91 Å². The van der Waals surface area contributed by atoms with Gasteiger partial charge in [-0.25, -0.2) is 4.39 Å². The van der Waals surface area contributed by atoms with Crippen LogP contribution in [0.3, 0.4) is 0 Å². The summed E-state index contributed by atoms with van der Waals surface area (Å²) >= 11 is 0. The van der Waals surface area contributed by atoms with Crippen LogP contribution in [0.5, 0.6) is 0 Å². The van der Waals surface area contributed by atoms with Crippen LogP contribution in [-0.4, -0.2) is 48.9 Å². The molecule has 0 aliphatic heterocycles. The van der Waals surface area contributed by atoms with Crippen molar-refractivity contribution in [3.05, 3.63) is 35.6 Å². The maximum Gasteiger partial charge on any atom is 0.226 e. The van der Waals surface area contributed by atoms with E-state index in [0.717, 1.165) is 37.9 Å². The summed E-state index contributed by atoms with van der Waals surface area (Å²) in [5.74, 6) is 0.485. The largest absolute Gasteiger partial charge is 0.338 e. The van der Waals surface area contributed by atoms with Gasteiger partial charge in [0, 0.05) is 25.0 Å². The molecule has 2 aliphatic carbocycles. The molecule has 2 unspecified atom stereocenters. The molecule has 2 saturated carbocycles. The Bertz CT molecular complexity index is 537. The van der Waals surface area contributed by atoms with Crippen molar-refractivity contribution >= 4 is 5.91 Å². The fraction of sp³-hybridized carbons (Fsp3) is 0.632. The van der Waals surface area contributed by atoms with E-state index in [1.54, 1.807) is 0 Å². The number of hydrogen-bond donors (Lipinski definition) is 0. The van der Waals surface area contributed by atoms with Crippen molar-refractivity contribution < 1.29 is 9.18 Å². The highest BCUT2D eigenvalue weighted by Gasteiger charge is 2.46. The minimum atomic E-state index is -0.212. The fourth-order valence-electron chi connectivity index (χ4n) is 3.76. The number of benzene rings is 1. The van der Waals surface area contributed by atoms with Crippen molar-refractivity contribution in [2.45, 2.75) is 44.1 Å². The first-order valence-corrected chi connectivity index (χ1v) is 8.77. The molecule has 0 radical (unpaired) electrons. The molecule has 1 aromatic rings. The van der Waals surface area contributed by atoms with E-state index in [1.165, 1.54) is 25.0 Å². The third kappa shape index (κ3) is 3.92. The van der Waals surface area contributed by atoms with Crippen molar-refractivity contribution in [2.24, 2.45) is 5.92 Å². The molecule has 1 aromatic carbocycles. The van der Waals surface area contributed by atoms with Crippen molar-refractivity contribution in [1.82, 2.24) is 9.80 Å². The van der Waals surface area contributed by atoms with Gasteiger partial charge >= 0.3 is 0 Å². The lowest BCUT2D eigenvalue weighted by Gasteiger charge is -2.30. The summed E-state index contributed by atoms with van der Waals surface area (Å²) in [6.45, 7) is 1.74. The minimum absolute atomic E-state index is 0.100. The molecule has 2 atom stereocenters. The van der Waals surface area contributed by atoms with Crippen LogP contribution < -0.4 is 0 Å². The molecule has 0 heterocycles. The second-order valence-corrected chi connectivity index (χ2v) is 7.27. The third-order valence-corrected chi connectivity index (χ3v) is 5.24. The number of carbonyl (C=O) groups excluding carboxylic acids is 1. The van der Waals surface area contributed by atoms with E-state index < -0.39 is 0 Å². The number of nitrogens with zero attached hydrogens (tertiary/aromatic N) is 2. The molecule has 1 amide bonds. The molecule has 23 heavy (non-hydrogen) atoms. The summed E-state index contributed by atoms with van der Waals surface area (Å²) < 4.78 is 13.1. The van der Waals surface area contributed by atoms with Crippen molar-refractivity contribution in [1.29, 1.82) is 0 Å². The van der Waals surface area contributed by atoms with Crippen LogP contribution in [0.25, 0.3) is 0 Å². The van der Waals surface area contributed by atoms with Gasteiger partial charge in [0.1, 0.15) is 5.82 Å². The monoisotopic (exact) mass is 318 g/mol. The molecule has 0 N–H and O–H groups in total. The SMILES string of the molecule is CN(C)CCN(C(=O)C1CC1c1ccc(F)cc1)C1CCCC1. The second-order valence-electron chi connectivity index (χ2n) is 7.27. The van der Waals surface area contributed by atoms with E-state index in [4.69, 9.17) is 0 Å². The number of amides is 1.